The molecule has 0 spiro atoms. The number of hydrogen-bond donors (Lipinski definition) is 0. The Kier molecular flexibility index (Phi) is 6.93. The van der Waals surface area contributed by atoms with Gasteiger partial charge in [0.2, 0.25) is 0 Å². The highest BCUT2D eigenvalue weighted by Gasteiger charge is 2.26. The number of ether oxygens (including phenoxy) is 1. The number of fused-ring (bicyclic) bond motifs is 1. The molecule has 0 unspecified atom stereocenters. The molecule has 33 heavy (non-hydrogen) atoms. The number of hydrogen-bond acceptors (Lipinski definition) is 6. The Morgan fingerprint density at radius 1 is 0.939 bits per heavy atom. The van der Waals surface area contributed by atoms with Gasteiger partial charge in [0.05, 0.1) is 15.9 Å². The Labute approximate surface area is 194 Å². The average molecular weight is 471 g/mol. The summed E-state index contributed by atoms with van der Waals surface area (Å²) in [5.74, 6) is -0.986. The molecular formula is C23H26N4O5S. The second-order valence-corrected chi connectivity index (χ2v) is 8.77. The summed E-state index contributed by atoms with van der Waals surface area (Å²) in [6.07, 6.45) is 0.791. The van der Waals surface area contributed by atoms with E-state index in [0.717, 1.165) is 11.9 Å². The molecule has 0 atom stereocenters. The summed E-state index contributed by atoms with van der Waals surface area (Å²) < 4.78 is 8.21. The van der Waals surface area contributed by atoms with Crippen molar-refractivity contribution in [2.24, 2.45) is 0 Å². The number of nitrogens with zero attached hydrogens (tertiary/aromatic N) is 4. The minimum Gasteiger partial charge on any atom is -0.454 e. The van der Waals surface area contributed by atoms with Crippen molar-refractivity contribution in [1.29, 1.82) is 0 Å². The summed E-state index contributed by atoms with van der Waals surface area (Å²) in [6.45, 7) is 3.53. The van der Waals surface area contributed by atoms with Crippen molar-refractivity contribution >= 4 is 40.2 Å². The third-order valence-electron chi connectivity index (χ3n) is 5.67. The van der Waals surface area contributed by atoms with Crippen molar-refractivity contribution in [3.63, 3.8) is 0 Å². The number of aromatic nitrogens is 2. The van der Waals surface area contributed by atoms with Gasteiger partial charge in [-0.2, -0.15) is 0 Å². The number of esters is 1. The highest BCUT2D eigenvalue weighted by atomic mass is 32.1. The first-order chi connectivity index (χ1) is 16.0. The Morgan fingerprint density at radius 2 is 1.61 bits per heavy atom. The first kappa shape index (κ1) is 22.8. The van der Waals surface area contributed by atoms with E-state index in [1.165, 1.54) is 15.9 Å². The number of amides is 2. The van der Waals surface area contributed by atoms with Gasteiger partial charge in [0, 0.05) is 32.7 Å². The fourth-order valence-corrected chi connectivity index (χ4v) is 4.68. The lowest BCUT2D eigenvalue weighted by atomic mass is 10.3. The molecule has 0 N–H and O–H groups in total. The average Bonchev–Trinajstić information content (AvgIpc) is 3.46. The van der Waals surface area contributed by atoms with E-state index in [0.29, 0.717) is 43.1 Å². The first-order valence-corrected chi connectivity index (χ1v) is 11.8. The maximum Gasteiger partial charge on any atom is 0.329 e. The smallest absolute Gasteiger partial charge is 0.329 e. The van der Waals surface area contributed by atoms with Crippen molar-refractivity contribution in [3.8, 4) is 0 Å². The molecule has 10 heteroatoms. The summed E-state index contributed by atoms with van der Waals surface area (Å²) in [4.78, 5) is 54.1. The Morgan fingerprint density at radius 3 is 2.24 bits per heavy atom. The minimum absolute atomic E-state index is 0.0313. The van der Waals surface area contributed by atoms with Gasteiger partial charge in [-0.15, -0.1) is 11.3 Å². The molecule has 1 aliphatic heterocycles. The van der Waals surface area contributed by atoms with Crippen molar-refractivity contribution in [2.45, 2.75) is 26.4 Å². The highest BCUT2D eigenvalue weighted by molar-refractivity contribution is 7.12. The highest BCUT2D eigenvalue weighted by Crippen LogP contribution is 2.15. The molecule has 1 fully saturated rings. The number of piperazine rings is 1. The molecule has 2 amide bonds. The van der Waals surface area contributed by atoms with E-state index in [2.05, 4.69) is 0 Å². The van der Waals surface area contributed by atoms with Crippen LogP contribution >= 0.6 is 11.3 Å². The van der Waals surface area contributed by atoms with Crippen LogP contribution < -0.4 is 5.69 Å². The van der Waals surface area contributed by atoms with E-state index in [1.54, 1.807) is 26.5 Å². The van der Waals surface area contributed by atoms with Crippen LogP contribution in [0, 0.1) is 0 Å². The molecular weight excluding hydrogens is 444 g/mol. The first-order valence-electron chi connectivity index (χ1n) is 10.9. The van der Waals surface area contributed by atoms with E-state index in [9.17, 15) is 19.2 Å². The second-order valence-electron chi connectivity index (χ2n) is 7.82. The molecule has 174 valence electrons. The predicted octanol–water partition coefficient (Wildman–Crippen LogP) is 1.80. The van der Waals surface area contributed by atoms with Gasteiger partial charge in [0.1, 0.15) is 6.54 Å². The number of benzene rings is 1. The van der Waals surface area contributed by atoms with Crippen molar-refractivity contribution in [3.05, 3.63) is 57.1 Å². The van der Waals surface area contributed by atoms with Crippen LogP contribution in [0.15, 0.2) is 46.6 Å². The zero-order valence-electron chi connectivity index (χ0n) is 18.4. The zero-order valence-corrected chi connectivity index (χ0v) is 19.3. The van der Waals surface area contributed by atoms with Crippen molar-refractivity contribution < 1.29 is 19.1 Å². The third-order valence-corrected chi connectivity index (χ3v) is 6.53. The Hall–Kier alpha value is -3.40. The molecule has 0 aliphatic carbocycles. The molecule has 0 bridgehead atoms. The van der Waals surface area contributed by atoms with Gasteiger partial charge < -0.3 is 14.5 Å². The molecule has 2 aromatic heterocycles. The predicted molar refractivity (Wildman–Crippen MR) is 124 cm³/mol. The summed E-state index contributed by atoms with van der Waals surface area (Å²) in [6, 6.07) is 10.9. The summed E-state index contributed by atoms with van der Waals surface area (Å²) >= 11 is 1.39. The molecule has 9 nitrogen and oxygen atoms in total. The SMILES string of the molecule is CCCn1c(=O)n(CC(=O)OCC(=O)N2CCN(C(=O)c3cccs3)CC2)c2ccccc21. The molecule has 4 rings (SSSR count). The van der Waals surface area contributed by atoms with E-state index in [1.807, 2.05) is 36.6 Å². The number of thiophene rings is 1. The van der Waals surface area contributed by atoms with Crippen molar-refractivity contribution in [1.82, 2.24) is 18.9 Å². The van der Waals surface area contributed by atoms with Crippen molar-refractivity contribution in [2.75, 3.05) is 32.8 Å². The maximum atomic E-state index is 12.8. The van der Waals surface area contributed by atoms with Crippen LogP contribution in [-0.4, -0.2) is 69.5 Å². The standard InChI is InChI=1S/C23H26N4O5S/c1-2-9-26-17-6-3-4-7-18(17)27(23(26)31)15-21(29)32-16-20(28)24-10-12-25(13-11-24)22(30)19-8-5-14-33-19/h3-8,14H,2,9-13,15-16H2,1H3. The maximum absolute atomic E-state index is 12.8. The van der Waals surface area contributed by atoms with Crippen LogP contribution in [0.5, 0.6) is 0 Å². The van der Waals surface area contributed by atoms with Crippen LogP contribution in [0.3, 0.4) is 0 Å². The van der Waals surface area contributed by atoms with Gasteiger partial charge >= 0.3 is 11.7 Å². The monoisotopic (exact) mass is 470 g/mol. The van der Waals surface area contributed by atoms with Gasteiger partial charge in [-0.3, -0.25) is 23.5 Å². The number of carbonyl (C=O) groups is 3. The van der Waals surface area contributed by atoms with Gasteiger partial charge in [0.15, 0.2) is 6.61 Å². The summed E-state index contributed by atoms with van der Waals surface area (Å²) in [5, 5.41) is 1.86. The summed E-state index contributed by atoms with van der Waals surface area (Å²) in [7, 11) is 0. The van der Waals surface area contributed by atoms with E-state index in [4.69, 9.17) is 4.74 Å². The second kappa shape index (κ2) is 10.0. The van der Waals surface area contributed by atoms with Crippen LogP contribution in [0.2, 0.25) is 0 Å². The van der Waals surface area contributed by atoms with Crippen LogP contribution in [0.25, 0.3) is 11.0 Å². The number of para-hydroxylation sites is 2. The molecule has 3 aromatic rings. The van der Waals surface area contributed by atoms with Gasteiger partial charge in [-0.25, -0.2) is 4.79 Å². The number of rotatable bonds is 7. The minimum atomic E-state index is -0.642. The topological polar surface area (TPSA) is 93.8 Å². The number of carbonyl (C=O) groups excluding carboxylic acids is 3. The largest absolute Gasteiger partial charge is 0.454 e. The Balaban J connectivity index is 1.31. The van der Waals surface area contributed by atoms with E-state index >= 15 is 0 Å². The quantitative estimate of drug-likeness (QED) is 0.491. The van der Waals surface area contributed by atoms with Crippen LogP contribution in [0.1, 0.15) is 23.0 Å². The van der Waals surface area contributed by atoms with Gasteiger partial charge in [0.25, 0.3) is 11.8 Å². The third kappa shape index (κ3) is 4.85. The summed E-state index contributed by atoms with van der Waals surface area (Å²) in [5.41, 5.74) is 1.15. The lowest BCUT2D eigenvalue weighted by molar-refractivity contribution is -0.153. The molecule has 1 aromatic carbocycles. The zero-order chi connectivity index (χ0) is 23.4. The van der Waals surface area contributed by atoms with Crippen LogP contribution in [-0.2, 0) is 27.4 Å². The molecule has 0 radical (unpaired) electrons. The molecule has 1 saturated heterocycles. The lowest BCUT2D eigenvalue weighted by Crippen LogP contribution is -2.51. The molecule has 1 aliphatic rings. The van der Waals surface area contributed by atoms with Gasteiger partial charge in [-0.05, 0) is 30.0 Å². The normalized spacial score (nSPS) is 14.0. The number of imidazole rings is 1. The molecule has 0 saturated carbocycles. The molecule has 3 heterocycles. The fourth-order valence-electron chi connectivity index (χ4n) is 3.99. The van der Waals surface area contributed by atoms with E-state index in [-0.39, 0.29) is 30.7 Å². The number of aryl methyl sites for hydroxylation is 1. The van der Waals surface area contributed by atoms with Gasteiger partial charge in [-0.1, -0.05) is 25.1 Å². The fraction of sp³-hybridized carbons (Fsp3) is 0.391. The Bertz CT molecular complexity index is 1210. The van der Waals surface area contributed by atoms with E-state index < -0.39 is 5.97 Å². The lowest BCUT2D eigenvalue weighted by Gasteiger charge is -2.34. The van der Waals surface area contributed by atoms with Crippen LogP contribution in [0.4, 0.5) is 0 Å².